The maximum atomic E-state index is 14.4. The van der Waals surface area contributed by atoms with Gasteiger partial charge in [0.2, 0.25) is 0 Å². The van der Waals surface area contributed by atoms with Crippen LogP contribution in [0.5, 0.6) is 0 Å². The van der Waals surface area contributed by atoms with Crippen LogP contribution >= 0.6 is 7.14 Å². The molecule has 0 bridgehead atoms. The molecule has 12 heteroatoms. The molecule has 3 heterocycles. The molecule has 2 N–H and O–H groups in total. The number of hydrogen-bond acceptors (Lipinski definition) is 9. The van der Waals surface area contributed by atoms with Crippen LogP contribution in [0.1, 0.15) is 26.5 Å². The Morgan fingerprint density at radius 1 is 1.41 bits per heavy atom. The van der Waals surface area contributed by atoms with Gasteiger partial charge in [0.15, 0.2) is 29.8 Å². The smallest absolute Gasteiger partial charge is 0.373 e. The number of nitrogen functional groups attached to an aromatic ring is 1. The molecule has 1 aliphatic heterocycles. The van der Waals surface area contributed by atoms with E-state index in [1.807, 2.05) is 0 Å². The van der Waals surface area contributed by atoms with E-state index in [9.17, 15) is 8.96 Å². The number of imidazole rings is 1. The molecule has 158 valence electrons. The molecule has 2 aromatic heterocycles. The highest BCUT2D eigenvalue weighted by atomic mass is 31.2. The molecule has 2 aromatic rings. The van der Waals surface area contributed by atoms with Crippen LogP contribution in [0, 0.1) is 5.92 Å². The lowest BCUT2D eigenvalue weighted by atomic mass is 10.2. The van der Waals surface area contributed by atoms with E-state index in [1.54, 1.807) is 6.66 Å². The van der Waals surface area contributed by atoms with Crippen molar-refractivity contribution in [3.05, 3.63) is 24.6 Å². The Bertz CT molecular complexity index is 959. The summed E-state index contributed by atoms with van der Waals surface area (Å²) in [6.07, 6.45) is 3.77. The average Bonchev–Trinajstić information content (AvgIpc) is 3.24. The molecule has 1 aliphatic rings. The van der Waals surface area contributed by atoms with Gasteiger partial charge in [0.05, 0.1) is 6.33 Å². The van der Waals surface area contributed by atoms with Gasteiger partial charge in [-0.15, -0.1) is 0 Å². The second-order valence-corrected chi connectivity index (χ2v) is 10.1. The average molecular weight is 427 g/mol. The highest BCUT2D eigenvalue weighted by molar-refractivity contribution is 7.62. The minimum Gasteiger partial charge on any atom is -0.382 e. The zero-order valence-electron chi connectivity index (χ0n) is 16.3. The second kappa shape index (κ2) is 9.84. The third-order valence-electron chi connectivity index (χ3n) is 4.34. The lowest BCUT2D eigenvalue weighted by molar-refractivity contribution is -0.191. The minimum absolute atomic E-state index is 0.0400. The van der Waals surface area contributed by atoms with Gasteiger partial charge >= 0.3 is 6.15 Å². The summed E-state index contributed by atoms with van der Waals surface area (Å²) in [5.41, 5.74) is 6.49. The van der Waals surface area contributed by atoms with Crippen molar-refractivity contribution in [1.29, 1.82) is 0 Å². The van der Waals surface area contributed by atoms with Crippen molar-refractivity contribution in [2.75, 3.05) is 24.9 Å². The van der Waals surface area contributed by atoms with Crippen LogP contribution in [-0.4, -0.2) is 51.1 Å². The predicted molar refractivity (Wildman–Crippen MR) is 102 cm³/mol. The molecule has 29 heavy (non-hydrogen) atoms. The Hall–Kier alpha value is -2.45. The molecule has 0 amide bonds. The van der Waals surface area contributed by atoms with Crippen LogP contribution in [0.25, 0.3) is 11.2 Å². The van der Waals surface area contributed by atoms with Gasteiger partial charge in [-0.1, -0.05) is 20.3 Å². The van der Waals surface area contributed by atoms with Crippen molar-refractivity contribution in [3.63, 3.8) is 0 Å². The van der Waals surface area contributed by atoms with E-state index < -0.39 is 25.5 Å². The van der Waals surface area contributed by atoms with Crippen LogP contribution in [-0.2, 0) is 23.6 Å². The fourth-order valence-electron chi connectivity index (χ4n) is 2.84. The number of nitrogens with zero attached hydrogens (tertiary/aromatic N) is 4. The van der Waals surface area contributed by atoms with Gasteiger partial charge in [-0.25, -0.2) is 19.3 Å². The number of anilines is 1. The molecule has 3 rings (SSSR count). The molecular weight excluding hydrogens is 404 g/mol. The molecule has 0 unspecified atom stereocenters. The summed E-state index contributed by atoms with van der Waals surface area (Å²) in [6.45, 7) is 5.81. The Morgan fingerprint density at radius 3 is 2.76 bits per heavy atom. The quantitative estimate of drug-likeness (QED) is 0.660. The van der Waals surface area contributed by atoms with E-state index in [2.05, 4.69) is 28.8 Å². The van der Waals surface area contributed by atoms with Crippen LogP contribution in [0.3, 0.4) is 0 Å². The third-order valence-corrected chi connectivity index (χ3v) is 6.43. The van der Waals surface area contributed by atoms with Gasteiger partial charge in [0, 0.05) is 12.2 Å². The predicted octanol–water partition coefficient (Wildman–Crippen LogP) is 2.55. The minimum atomic E-state index is -2.47. The topological polar surface area (TPSA) is 139 Å². The van der Waals surface area contributed by atoms with Crippen LogP contribution in [0.2, 0.25) is 0 Å². The molecule has 0 fully saturated rings. The van der Waals surface area contributed by atoms with Gasteiger partial charge in [-0.05, 0) is 12.6 Å². The van der Waals surface area contributed by atoms with E-state index in [4.69, 9.17) is 24.8 Å². The Morgan fingerprint density at radius 2 is 2.10 bits per heavy atom. The maximum absolute atomic E-state index is 14.4. The van der Waals surface area contributed by atoms with E-state index in [0.717, 1.165) is 6.42 Å². The number of carbonyl (C=O) groups excluding carboxylic acids is 2. The molecule has 0 radical (unpaired) electrons. The summed E-state index contributed by atoms with van der Waals surface area (Å²) in [5, 5.41) is 0. The van der Waals surface area contributed by atoms with Crippen molar-refractivity contribution >= 4 is 30.3 Å². The third kappa shape index (κ3) is 5.77. The Balaban J connectivity index is 0.000000941. The normalized spacial score (nSPS) is 21.6. The van der Waals surface area contributed by atoms with Crippen LogP contribution in [0.15, 0.2) is 24.6 Å². The first kappa shape index (κ1) is 22.8. The van der Waals surface area contributed by atoms with Crippen molar-refractivity contribution in [3.8, 4) is 0 Å². The fourth-order valence-corrected chi connectivity index (χ4v) is 4.99. The SMILES string of the molecule is CC[C@H](C)C[P@](C)(=O)CO[C@@H]1C=C(F)[C@H](n2cnc3c(N)ncnc32)O1.O=C=O. The van der Waals surface area contributed by atoms with Gasteiger partial charge in [0.1, 0.15) is 25.3 Å². The number of aromatic nitrogens is 4. The van der Waals surface area contributed by atoms with Gasteiger partial charge in [-0.3, -0.25) is 4.57 Å². The molecule has 10 nitrogen and oxygen atoms in total. The lowest BCUT2D eigenvalue weighted by Gasteiger charge is -2.20. The van der Waals surface area contributed by atoms with E-state index >= 15 is 0 Å². The zero-order chi connectivity index (χ0) is 21.6. The summed E-state index contributed by atoms with van der Waals surface area (Å²) in [6, 6.07) is 0. The monoisotopic (exact) mass is 427 g/mol. The molecular formula is C17H23FN5O5P. The number of nitrogens with two attached hydrogens (primary N) is 1. The standard InChI is InChI=1S/C16H23FN5O3P.CO2/c1-4-10(2)6-26(3,23)9-24-12-5-11(17)16(25-12)22-8-21-13-14(18)19-7-20-15(13)22;2-1-3/h5,7-8,10,12,16H,4,6,9H2,1-3H3,(H2,18,19,20);/t10-,12-,16+,26-;/m0./s1. The number of rotatable bonds is 7. The molecule has 0 saturated heterocycles. The highest BCUT2D eigenvalue weighted by Crippen LogP contribution is 2.44. The van der Waals surface area contributed by atoms with E-state index in [-0.39, 0.29) is 18.3 Å². The second-order valence-electron chi connectivity index (χ2n) is 6.86. The summed E-state index contributed by atoms with van der Waals surface area (Å²) in [4.78, 5) is 28.3. The molecule has 0 spiro atoms. The first-order chi connectivity index (χ1) is 13.7. The van der Waals surface area contributed by atoms with Gasteiger partial charge in [-0.2, -0.15) is 9.59 Å². The molecule has 0 aliphatic carbocycles. The number of ether oxygens (including phenoxy) is 2. The van der Waals surface area contributed by atoms with Crippen molar-refractivity contribution in [2.24, 2.45) is 5.92 Å². The summed E-state index contributed by atoms with van der Waals surface area (Å²) in [5.74, 6) is 0.0293. The Labute approximate surface area is 166 Å². The van der Waals surface area contributed by atoms with Crippen molar-refractivity contribution in [2.45, 2.75) is 32.8 Å². The van der Waals surface area contributed by atoms with Crippen LogP contribution in [0.4, 0.5) is 10.2 Å². The summed E-state index contributed by atoms with van der Waals surface area (Å²) >= 11 is 0. The number of hydrogen-bond donors (Lipinski definition) is 1. The maximum Gasteiger partial charge on any atom is 0.373 e. The first-order valence-corrected chi connectivity index (χ1v) is 11.4. The van der Waals surface area contributed by atoms with Crippen molar-refractivity contribution < 1.29 is 28.0 Å². The van der Waals surface area contributed by atoms with Crippen LogP contribution < -0.4 is 5.73 Å². The summed E-state index contributed by atoms with van der Waals surface area (Å²) in [7, 11) is -2.47. The number of halogens is 1. The molecule has 0 saturated carbocycles. The van der Waals surface area contributed by atoms with E-state index in [1.165, 1.54) is 23.3 Å². The largest absolute Gasteiger partial charge is 0.382 e. The Kier molecular flexibility index (Phi) is 7.75. The molecule has 0 aromatic carbocycles. The fraction of sp³-hybridized carbons (Fsp3) is 0.529. The highest BCUT2D eigenvalue weighted by Gasteiger charge is 2.32. The summed E-state index contributed by atoms with van der Waals surface area (Å²) < 4.78 is 39.6. The molecule has 4 atom stereocenters. The number of fused-ring (bicyclic) bond motifs is 1. The van der Waals surface area contributed by atoms with E-state index in [0.29, 0.717) is 23.2 Å². The van der Waals surface area contributed by atoms with Gasteiger partial charge < -0.3 is 19.8 Å². The lowest BCUT2D eigenvalue weighted by Crippen LogP contribution is -2.17. The van der Waals surface area contributed by atoms with Crippen molar-refractivity contribution in [1.82, 2.24) is 19.5 Å². The first-order valence-electron chi connectivity index (χ1n) is 8.84. The van der Waals surface area contributed by atoms with Gasteiger partial charge in [0.25, 0.3) is 0 Å². The zero-order valence-corrected chi connectivity index (χ0v) is 17.2.